The molecule has 2 N–H and O–H groups in total. The Morgan fingerprint density at radius 3 is 2.29 bits per heavy atom. The third kappa shape index (κ3) is 4.09. The predicted molar refractivity (Wildman–Crippen MR) is 60.0 cm³/mol. The third-order valence-electron chi connectivity index (χ3n) is 2.42. The zero-order valence-electron chi connectivity index (χ0n) is 10.1. The van der Waals surface area contributed by atoms with E-state index in [1.807, 2.05) is 27.8 Å². The van der Waals surface area contributed by atoms with E-state index >= 15 is 0 Å². The van der Waals surface area contributed by atoms with Crippen LogP contribution >= 0.6 is 0 Å². The van der Waals surface area contributed by atoms with Gasteiger partial charge < -0.3 is 10.6 Å². The highest BCUT2D eigenvalue weighted by Gasteiger charge is 2.29. The van der Waals surface area contributed by atoms with Crippen molar-refractivity contribution < 1.29 is 4.79 Å². The highest BCUT2D eigenvalue weighted by Crippen LogP contribution is 2.18. The van der Waals surface area contributed by atoms with Gasteiger partial charge in [0.15, 0.2) is 0 Å². The molecule has 84 valence electrons. The Hall–Kier alpha value is -0.570. The number of nitrogens with two attached hydrogens (primary N) is 1. The fraction of sp³-hybridized carbons (Fsp3) is 0.909. The van der Waals surface area contributed by atoms with E-state index in [9.17, 15) is 4.79 Å². The summed E-state index contributed by atoms with van der Waals surface area (Å²) in [6, 6.07) is -0.399. The van der Waals surface area contributed by atoms with Crippen molar-refractivity contribution in [3.63, 3.8) is 0 Å². The monoisotopic (exact) mass is 200 g/mol. The second-order valence-electron chi connectivity index (χ2n) is 4.96. The lowest BCUT2D eigenvalue weighted by molar-refractivity contribution is -0.133. The van der Waals surface area contributed by atoms with Gasteiger partial charge in [0.2, 0.25) is 5.91 Å². The Morgan fingerprint density at radius 2 is 1.93 bits per heavy atom. The molecular weight excluding hydrogens is 176 g/mol. The molecule has 0 rings (SSSR count). The van der Waals surface area contributed by atoms with Crippen LogP contribution in [0.4, 0.5) is 0 Å². The SMILES string of the molecule is CCCCN(C)C(=O)C(N)C(C)(C)C. The van der Waals surface area contributed by atoms with Gasteiger partial charge >= 0.3 is 0 Å². The topological polar surface area (TPSA) is 46.3 Å². The lowest BCUT2D eigenvalue weighted by atomic mass is 9.86. The summed E-state index contributed by atoms with van der Waals surface area (Å²) in [5, 5.41) is 0. The van der Waals surface area contributed by atoms with Crippen LogP contribution < -0.4 is 5.73 Å². The van der Waals surface area contributed by atoms with Crippen molar-refractivity contribution in [2.24, 2.45) is 11.1 Å². The van der Waals surface area contributed by atoms with E-state index < -0.39 is 6.04 Å². The fourth-order valence-electron chi connectivity index (χ4n) is 1.11. The van der Waals surface area contributed by atoms with E-state index in [2.05, 4.69) is 6.92 Å². The molecule has 1 amide bonds. The quantitative estimate of drug-likeness (QED) is 0.749. The number of carbonyl (C=O) groups is 1. The zero-order valence-corrected chi connectivity index (χ0v) is 10.1. The maximum Gasteiger partial charge on any atom is 0.239 e. The molecule has 0 saturated heterocycles. The molecule has 0 aliphatic heterocycles. The first-order chi connectivity index (χ1) is 6.30. The number of carbonyl (C=O) groups excluding carboxylic acids is 1. The minimum atomic E-state index is -0.399. The maximum atomic E-state index is 11.8. The fourth-order valence-corrected chi connectivity index (χ4v) is 1.11. The minimum absolute atomic E-state index is 0.0472. The first-order valence-corrected chi connectivity index (χ1v) is 5.31. The molecule has 3 nitrogen and oxygen atoms in total. The van der Waals surface area contributed by atoms with Gasteiger partial charge in [0.05, 0.1) is 6.04 Å². The van der Waals surface area contributed by atoms with Gasteiger partial charge in [0.25, 0.3) is 0 Å². The standard InChI is InChI=1S/C11H24N2O/c1-6-7-8-13(5)10(14)9(12)11(2,3)4/h9H,6-8,12H2,1-5H3. The van der Waals surface area contributed by atoms with Gasteiger partial charge in [-0.1, -0.05) is 34.1 Å². The van der Waals surface area contributed by atoms with Crippen LogP contribution in [0.5, 0.6) is 0 Å². The summed E-state index contributed by atoms with van der Waals surface area (Å²) in [6.45, 7) is 8.89. The van der Waals surface area contributed by atoms with Gasteiger partial charge in [0.1, 0.15) is 0 Å². The number of unbranched alkanes of at least 4 members (excludes halogenated alkanes) is 1. The van der Waals surface area contributed by atoms with Crippen molar-refractivity contribution in [2.75, 3.05) is 13.6 Å². The van der Waals surface area contributed by atoms with E-state index in [1.54, 1.807) is 4.90 Å². The highest BCUT2D eigenvalue weighted by molar-refractivity contribution is 5.82. The van der Waals surface area contributed by atoms with E-state index in [0.29, 0.717) is 0 Å². The number of likely N-dealkylation sites (N-methyl/N-ethyl adjacent to an activating group) is 1. The van der Waals surface area contributed by atoms with Gasteiger partial charge in [-0.15, -0.1) is 0 Å². The molecule has 0 fully saturated rings. The molecule has 0 aliphatic rings. The van der Waals surface area contributed by atoms with Crippen LogP contribution in [0.3, 0.4) is 0 Å². The Morgan fingerprint density at radius 1 is 1.43 bits per heavy atom. The first-order valence-electron chi connectivity index (χ1n) is 5.31. The van der Waals surface area contributed by atoms with Crippen LogP contribution in [0.2, 0.25) is 0 Å². The average Bonchev–Trinajstić information content (AvgIpc) is 2.10. The van der Waals surface area contributed by atoms with Crippen LogP contribution in [0.15, 0.2) is 0 Å². The van der Waals surface area contributed by atoms with Crippen LogP contribution in [0.1, 0.15) is 40.5 Å². The van der Waals surface area contributed by atoms with Gasteiger partial charge in [-0.3, -0.25) is 4.79 Å². The van der Waals surface area contributed by atoms with Gasteiger partial charge in [-0.05, 0) is 11.8 Å². The Balaban J connectivity index is 4.18. The zero-order chi connectivity index (χ0) is 11.4. The Bertz CT molecular complexity index is 184. The molecule has 1 unspecified atom stereocenters. The Labute approximate surface area is 87.6 Å². The average molecular weight is 200 g/mol. The van der Waals surface area contributed by atoms with Crippen molar-refractivity contribution in [3.05, 3.63) is 0 Å². The lowest BCUT2D eigenvalue weighted by Gasteiger charge is -2.29. The van der Waals surface area contributed by atoms with Crippen molar-refractivity contribution in [1.29, 1.82) is 0 Å². The summed E-state index contributed by atoms with van der Waals surface area (Å²) >= 11 is 0. The molecule has 0 bridgehead atoms. The van der Waals surface area contributed by atoms with E-state index in [1.165, 1.54) is 0 Å². The van der Waals surface area contributed by atoms with Gasteiger partial charge in [0, 0.05) is 13.6 Å². The van der Waals surface area contributed by atoms with E-state index in [0.717, 1.165) is 19.4 Å². The van der Waals surface area contributed by atoms with Crippen molar-refractivity contribution >= 4 is 5.91 Å². The number of nitrogens with zero attached hydrogens (tertiary/aromatic N) is 1. The summed E-state index contributed by atoms with van der Waals surface area (Å²) in [7, 11) is 1.82. The maximum absolute atomic E-state index is 11.8. The molecule has 3 heteroatoms. The second kappa shape index (κ2) is 5.35. The van der Waals surface area contributed by atoms with E-state index in [4.69, 9.17) is 5.73 Å². The van der Waals surface area contributed by atoms with Crippen LogP contribution in [0, 0.1) is 5.41 Å². The van der Waals surface area contributed by atoms with Crippen molar-refractivity contribution in [2.45, 2.75) is 46.6 Å². The molecule has 0 heterocycles. The van der Waals surface area contributed by atoms with E-state index in [-0.39, 0.29) is 11.3 Å². The van der Waals surface area contributed by atoms with Crippen LogP contribution in [-0.2, 0) is 4.79 Å². The Kier molecular flexibility index (Phi) is 5.13. The third-order valence-corrected chi connectivity index (χ3v) is 2.42. The molecule has 0 aliphatic carbocycles. The highest BCUT2D eigenvalue weighted by atomic mass is 16.2. The molecule has 14 heavy (non-hydrogen) atoms. The van der Waals surface area contributed by atoms with Crippen molar-refractivity contribution in [3.8, 4) is 0 Å². The number of amides is 1. The molecule has 0 aromatic rings. The summed E-state index contributed by atoms with van der Waals surface area (Å²) in [5.74, 6) is 0.0472. The lowest BCUT2D eigenvalue weighted by Crippen LogP contribution is -2.49. The number of rotatable bonds is 4. The normalized spacial score (nSPS) is 13.9. The molecule has 0 spiro atoms. The molecule has 1 atom stereocenters. The second-order valence-corrected chi connectivity index (χ2v) is 4.96. The largest absolute Gasteiger partial charge is 0.344 e. The summed E-state index contributed by atoms with van der Waals surface area (Å²) < 4.78 is 0. The van der Waals surface area contributed by atoms with Gasteiger partial charge in [-0.25, -0.2) is 0 Å². The minimum Gasteiger partial charge on any atom is -0.344 e. The van der Waals surface area contributed by atoms with Crippen molar-refractivity contribution in [1.82, 2.24) is 4.90 Å². The smallest absolute Gasteiger partial charge is 0.239 e. The molecule has 0 saturated carbocycles. The molecule has 0 radical (unpaired) electrons. The summed E-state index contributed by atoms with van der Waals surface area (Å²) in [6.07, 6.45) is 2.14. The number of hydrogen-bond donors (Lipinski definition) is 1. The molecule has 0 aromatic carbocycles. The first kappa shape index (κ1) is 13.4. The van der Waals surface area contributed by atoms with Crippen LogP contribution in [-0.4, -0.2) is 30.4 Å². The van der Waals surface area contributed by atoms with Gasteiger partial charge in [-0.2, -0.15) is 0 Å². The molecule has 0 aromatic heterocycles. The number of hydrogen-bond acceptors (Lipinski definition) is 2. The molecular formula is C11H24N2O. The summed E-state index contributed by atoms with van der Waals surface area (Å²) in [4.78, 5) is 13.5. The van der Waals surface area contributed by atoms with Crippen LogP contribution in [0.25, 0.3) is 0 Å². The summed E-state index contributed by atoms with van der Waals surface area (Å²) in [5.41, 5.74) is 5.72. The predicted octanol–water partition coefficient (Wildman–Crippen LogP) is 1.62.